The number of carbonyl (C=O) groups excluding carboxylic acids is 2. The summed E-state index contributed by atoms with van der Waals surface area (Å²) in [7, 11) is 0. The molecule has 1 saturated heterocycles. The molecule has 0 aliphatic carbocycles. The lowest BCUT2D eigenvalue weighted by Crippen LogP contribution is -2.41. The number of morpholine rings is 1. The van der Waals surface area contributed by atoms with Crippen LogP contribution in [0.15, 0.2) is 41.3 Å². The van der Waals surface area contributed by atoms with Gasteiger partial charge in [0, 0.05) is 38.1 Å². The lowest BCUT2D eigenvalue weighted by molar-refractivity contribution is -0.116. The van der Waals surface area contributed by atoms with E-state index in [2.05, 4.69) is 15.5 Å². The maximum absolute atomic E-state index is 13.0. The van der Waals surface area contributed by atoms with E-state index in [1.807, 2.05) is 18.2 Å². The topological polar surface area (TPSA) is 92.7 Å². The van der Waals surface area contributed by atoms with Crippen molar-refractivity contribution in [3.8, 4) is 0 Å². The van der Waals surface area contributed by atoms with Gasteiger partial charge in [-0.15, -0.1) is 0 Å². The summed E-state index contributed by atoms with van der Waals surface area (Å²) in [5.41, 5.74) is 1.96. The summed E-state index contributed by atoms with van der Waals surface area (Å²) in [5, 5.41) is 5.71. The SMILES string of the molecule is Cc1ccn(CCN2CCOCC2)c(=O)c1C(=O)NC1CC(=O)Nc2ccccc21. The molecule has 158 valence electrons. The van der Waals surface area contributed by atoms with Gasteiger partial charge in [-0.2, -0.15) is 0 Å². The fraction of sp³-hybridized carbons (Fsp3) is 0.409. The van der Waals surface area contributed by atoms with Gasteiger partial charge in [0.15, 0.2) is 0 Å². The van der Waals surface area contributed by atoms with Gasteiger partial charge in [0.25, 0.3) is 11.5 Å². The zero-order valence-corrected chi connectivity index (χ0v) is 17.0. The third kappa shape index (κ3) is 4.29. The normalized spacial score (nSPS) is 19.1. The van der Waals surface area contributed by atoms with Gasteiger partial charge in [-0.05, 0) is 30.2 Å². The van der Waals surface area contributed by atoms with Crippen LogP contribution in [0.5, 0.6) is 0 Å². The number of amides is 2. The van der Waals surface area contributed by atoms with Crippen molar-refractivity contribution in [1.29, 1.82) is 0 Å². The Morgan fingerprint density at radius 1 is 1.17 bits per heavy atom. The minimum atomic E-state index is -0.469. The van der Waals surface area contributed by atoms with Crippen molar-refractivity contribution in [2.45, 2.75) is 25.9 Å². The molecule has 1 aromatic heterocycles. The van der Waals surface area contributed by atoms with Crippen LogP contribution in [0, 0.1) is 6.92 Å². The number of carbonyl (C=O) groups is 2. The molecular weight excluding hydrogens is 384 g/mol. The minimum Gasteiger partial charge on any atom is -0.379 e. The zero-order chi connectivity index (χ0) is 21.1. The quantitative estimate of drug-likeness (QED) is 0.775. The number of fused-ring (bicyclic) bond motifs is 1. The number of anilines is 1. The molecular formula is C22H26N4O4. The molecule has 2 N–H and O–H groups in total. The van der Waals surface area contributed by atoms with Crippen molar-refractivity contribution >= 4 is 17.5 Å². The van der Waals surface area contributed by atoms with Gasteiger partial charge in [0.1, 0.15) is 5.56 Å². The fourth-order valence-corrected chi connectivity index (χ4v) is 3.96. The molecule has 0 spiro atoms. The molecule has 4 rings (SSSR count). The molecule has 2 amide bonds. The number of benzene rings is 1. The molecule has 8 nitrogen and oxygen atoms in total. The van der Waals surface area contributed by atoms with Crippen LogP contribution in [0.4, 0.5) is 5.69 Å². The second kappa shape index (κ2) is 8.81. The number of hydrogen-bond acceptors (Lipinski definition) is 5. The molecule has 1 unspecified atom stereocenters. The van der Waals surface area contributed by atoms with Crippen LogP contribution in [0.3, 0.4) is 0 Å². The summed E-state index contributed by atoms with van der Waals surface area (Å²) >= 11 is 0. The van der Waals surface area contributed by atoms with Crippen molar-refractivity contribution in [3.05, 3.63) is 63.6 Å². The Bertz CT molecular complexity index is 1010. The summed E-state index contributed by atoms with van der Waals surface area (Å²) in [6.45, 7) is 6.08. The molecule has 2 aliphatic heterocycles. The Morgan fingerprint density at radius 2 is 1.93 bits per heavy atom. The Labute approximate surface area is 174 Å². The number of pyridine rings is 1. The number of rotatable bonds is 5. The average Bonchev–Trinajstić information content (AvgIpc) is 2.74. The zero-order valence-electron chi connectivity index (χ0n) is 17.0. The number of aryl methyl sites for hydroxylation is 1. The Kier molecular flexibility index (Phi) is 5.96. The molecule has 1 atom stereocenters. The monoisotopic (exact) mass is 410 g/mol. The van der Waals surface area contributed by atoms with Gasteiger partial charge in [-0.1, -0.05) is 18.2 Å². The molecule has 2 aromatic rings. The first-order chi connectivity index (χ1) is 14.5. The smallest absolute Gasteiger partial charge is 0.263 e. The van der Waals surface area contributed by atoms with Crippen LogP contribution in [0.25, 0.3) is 0 Å². The summed E-state index contributed by atoms with van der Waals surface area (Å²) in [6.07, 6.45) is 1.87. The van der Waals surface area contributed by atoms with E-state index in [9.17, 15) is 14.4 Å². The predicted molar refractivity (Wildman–Crippen MR) is 113 cm³/mol. The van der Waals surface area contributed by atoms with E-state index in [0.717, 1.165) is 25.2 Å². The highest BCUT2D eigenvalue weighted by Gasteiger charge is 2.28. The molecule has 30 heavy (non-hydrogen) atoms. The Morgan fingerprint density at radius 3 is 2.73 bits per heavy atom. The second-order valence-corrected chi connectivity index (χ2v) is 7.69. The number of ether oxygens (including phenoxy) is 1. The van der Waals surface area contributed by atoms with Crippen molar-refractivity contribution < 1.29 is 14.3 Å². The molecule has 1 aromatic carbocycles. The van der Waals surface area contributed by atoms with Crippen LogP contribution >= 0.6 is 0 Å². The maximum atomic E-state index is 13.0. The van der Waals surface area contributed by atoms with E-state index in [0.29, 0.717) is 31.0 Å². The Hall–Kier alpha value is -2.97. The van der Waals surface area contributed by atoms with E-state index >= 15 is 0 Å². The van der Waals surface area contributed by atoms with Crippen LogP contribution < -0.4 is 16.2 Å². The molecule has 2 aliphatic rings. The third-order valence-electron chi connectivity index (χ3n) is 5.67. The number of nitrogens with one attached hydrogen (secondary N) is 2. The first-order valence-electron chi connectivity index (χ1n) is 10.2. The van der Waals surface area contributed by atoms with E-state index in [1.54, 1.807) is 29.8 Å². The highest BCUT2D eigenvalue weighted by atomic mass is 16.5. The first kappa shape index (κ1) is 20.3. The van der Waals surface area contributed by atoms with Crippen molar-refractivity contribution in [3.63, 3.8) is 0 Å². The maximum Gasteiger partial charge on any atom is 0.263 e. The van der Waals surface area contributed by atoms with E-state index in [4.69, 9.17) is 4.74 Å². The van der Waals surface area contributed by atoms with Gasteiger partial charge < -0.3 is 19.9 Å². The fourth-order valence-electron chi connectivity index (χ4n) is 3.96. The van der Waals surface area contributed by atoms with Gasteiger partial charge in [-0.3, -0.25) is 19.3 Å². The van der Waals surface area contributed by atoms with Gasteiger partial charge in [0.2, 0.25) is 5.91 Å². The Balaban J connectivity index is 1.52. The van der Waals surface area contributed by atoms with E-state index < -0.39 is 11.9 Å². The highest BCUT2D eigenvalue weighted by molar-refractivity contribution is 5.98. The largest absolute Gasteiger partial charge is 0.379 e. The lowest BCUT2D eigenvalue weighted by Gasteiger charge is -2.27. The van der Waals surface area contributed by atoms with Gasteiger partial charge in [-0.25, -0.2) is 0 Å². The average molecular weight is 410 g/mol. The van der Waals surface area contributed by atoms with E-state index in [-0.39, 0.29) is 23.5 Å². The number of aromatic nitrogens is 1. The first-order valence-corrected chi connectivity index (χ1v) is 10.2. The third-order valence-corrected chi connectivity index (χ3v) is 5.67. The number of nitrogens with zero attached hydrogens (tertiary/aromatic N) is 2. The summed E-state index contributed by atoms with van der Waals surface area (Å²) in [4.78, 5) is 40.4. The van der Waals surface area contributed by atoms with Crippen molar-refractivity contribution in [1.82, 2.24) is 14.8 Å². The molecule has 0 saturated carbocycles. The predicted octanol–water partition coefficient (Wildman–Crippen LogP) is 1.30. The molecule has 0 bridgehead atoms. The molecule has 0 radical (unpaired) electrons. The molecule has 8 heteroatoms. The number of hydrogen-bond donors (Lipinski definition) is 2. The summed E-state index contributed by atoms with van der Waals surface area (Å²) < 4.78 is 6.94. The lowest BCUT2D eigenvalue weighted by atomic mass is 9.97. The van der Waals surface area contributed by atoms with Gasteiger partial charge >= 0.3 is 0 Å². The standard InChI is InChI=1S/C22H26N4O4/c1-15-6-7-26(9-8-25-10-12-30-13-11-25)22(29)20(15)21(28)24-18-14-19(27)23-17-5-3-2-4-16(17)18/h2-7,18H,8-14H2,1H3,(H,23,27)(H,24,28). The second-order valence-electron chi connectivity index (χ2n) is 7.69. The number of para-hydroxylation sites is 1. The summed E-state index contributed by atoms with van der Waals surface area (Å²) in [6, 6.07) is 8.69. The van der Waals surface area contributed by atoms with Crippen molar-refractivity contribution in [2.24, 2.45) is 0 Å². The van der Waals surface area contributed by atoms with Crippen LogP contribution in [0.2, 0.25) is 0 Å². The van der Waals surface area contributed by atoms with Crippen LogP contribution in [0.1, 0.15) is 33.9 Å². The van der Waals surface area contributed by atoms with Crippen LogP contribution in [-0.4, -0.2) is 54.1 Å². The van der Waals surface area contributed by atoms with Gasteiger partial charge in [0.05, 0.1) is 25.7 Å². The highest BCUT2D eigenvalue weighted by Crippen LogP contribution is 2.30. The van der Waals surface area contributed by atoms with E-state index in [1.165, 1.54) is 0 Å². The van der Waals surface area contributed by atoms with Crippen molar-refractivity contribution in [2.75, 3.05) is 38.2 Å². The molecule has 3 heterocycles. The van der Waals surface area contributed by atoms with Crippen LogP contribution in [-0.2, 0) is 16.1 Å². The summed E-state index contributed by atoms with van der Waals surface area (Å²) in [5.74, 6) is -0.612. The molecule has 1 fully saturated rings. The minimum absolute atomic E-state index is 0.128.